The number of nitrogens with zero attached hydrogens (tertiary/aromatic N) is 2. The van der Waals surface area contributed by atoms with Crippen molar-refractivity contribution in [1.82, 2.24) is 9.78 Å². The lowest BCUT2D eigenvalue weighted by molar-refractivity contribution is 0.161. The molecule has 2 aromatic rings. The summed E-state index contributed by atoms with van der Waals surface area (Å²) in [6.07, 6.45) is 5.85. The highest BCUT2D eigenvalue weighted by atomic mass is 16.5. The largest absolute Gasteiger partial charge is 0.485 e. The summed E-state index contributed by atoms with van der Waals surface area (Å²) in [7, 11) is 0. The van der Waals surface area contributed by atoms with Crippen LogP contribution < -0.4 is 10.5 Å². The quantitative estimate of drug-likeness (QED) is 0.933. The topological polar surface area (TPSA) is 53.1 Å². The van der Waals surface area contributed by atoms with Crippen LogP contribution in [0.4, 0.5) is 0 Å². The molecule has 2 unspecified atom stereocenters. The Balaban J connectivity index is 1.85. The van der Waals surface area contributed by atoms with Crippen LogP contribution in [0.2, 0.25) is 0 Å². The maximum Gasteiger partial charge on any atom is 0.129 e. The van der Waals surface area contributed by atoms with E-state index in [-0.39, 0.29) is 12.1 Å². The van der Waals surface area contributed by atoms with Gasteiger partial charge in [-0.2, -0.15) is 5.10 Å². The molecule has 0 bridgehead atoms. The van der Waals surface area contributed by atoms with Crippen molar-refractivity contribution in [2.75, 3.05) is 0 Å². The smallest absolute Gasteiger partial charge is 0.129 e. The number of fused-ring (bicyclic) bond motifs is 1. The molecule has 3 rings (SSSR count). The molecule has 0 saturated carbocycles. The van der Waals surface area contributed by atoms with Crippen molar-refractivity contribution in [3.05, 3.63) is 47.3 Å². The first kappa shape index (κ1) is 13.2. The van der Waals surface area contributed by atoms with Gasteiger partial charge in [0, 0.05) is 36.3 Å². The standard InChI is InChI=1S/C16H21N3O/c1-3-6-19-10-12(9-18-19)16-8-14(17)13-7-11(2)4-5-15(13)20-16/h4-5,7,9-10,14,16H,3,6,8,17H2,1-2H3. The first-order chi connectivity index (χ1) is 9.67. The van der Waals surface area contributed by atoms with E-state index in [1.165, 1.54) is 5.56 Å². The van der Waals surface area contributed by atoms with E-state index in [0.29, 0.717) is 0 Å². The van der Waals surface area contributed by atoms with E-state index in [1.54, 1.807) is 0 Å². The third-order valence-electron chi connectivity index (χ3n) is 3.78. The summed E-state index contributed by atoms with van der Waals surface area (Å²) in [4.78, 5) is 0. The summed E-state index contributed by atoms with van der Waals surface area (Å²) >= 11 is 0. The fraction of sp³-hybridized carbons (Fsp3) is 0.438. The van der Waals surface area contributed by atoms with Gasteiger partial charge in [0.05, 0.1) is 6.20 Å². The van der Waals surface area contributed by atoms with Gasteiger partial charge in [-0.3, -0.25) is 4.68 Å². The van der Waals surface area contributed by atoms with E-state index in [0.717, 1.165) is 36.3 Å². The van der Waals surface area contributed by atoms with Gasteiger partial charge in [0.15, 0.2) is 0 Å². The molecule has 1 aromatic heterocycles. The molecule has 0 fully saturated rings. The summed E-state index contributed by atoms with van der Waals surface area (Å²) in [5.41, 5.74) is 9.75. The Labute approximate surface area is 119 Å². The van der Waals surface area contributed by atoms with Gasteiger partial charge < -0.3 is 10.5 Å². The summed E-state index contributed by atoms with van der Waals surface area (Å²) in [6.45, 7) is 5.16. The molecule has 0 amide bonds. The van der Waals surface area contributed by atoms with Crippen molar-refractivity contribution in [2.24, 2.45) is 5.73 Å². The van der Waals surface area contributed by atoms with Crippen molar-refractivity contribution in [2.45, 2.75) is 45.4 Å². The Hall–Kier alpha value is -1.81. The van der Waals surface area contributed by atoms with Crippen LogP contribution in [0.1, 0.15) is 48.6 Å². The monoisotopic (exact) mass is 271 g/mol. The van der Waals surface area contributed by atoms with E-state index in [4.69, 9.17) is 10.5 Å². The molecule has 2 N–H and O–H groups in total. The lowest BCUT2D eigenvalue weighted by Crippen LogP contribution is -2.24. The maximum atomic E-state index is 6.30. The maximum absolute atomic E-state index is 6.30. The number of hydrogen-bond acceptors (Lipinski definition) is 3. The molecular formula is C16H21N3O. The van der Waals surface area contributed by atoms with Gasteiger partial charge in [-0.05, 0) is 19.4 Å². The van der Waals surface area contributed by atoms with Gasteiger partial charge in [0.2, 0.25) is 0 Å². The molecule has 1 aliphatic rings. The molecule has 0 radical (unpaired) electrons. The highest BCUT2D eigenvalue weighted by Crippen LogP contribution is 2.39. The van der Waals surface area contributed by atoms with Crippen LogP contribution >= 0.6 is 0 Å². The van der Waals surface area contributed by atoms with Crippen LogP contribution in [0.25, 0.3) is 0 Å². The van der Waals surface area contributed by atoms with Gasteiger partial charge in [-0.1, -0.05) is 24.6 Å². The fourth-order valence-corrected chi connectivity index (χ4v) is 2.73. The summed E-state index contributed by atoms with van der Waals surface area (Å²) in [5.74, 6) is 0.905. The Morgan fingerprint density at radius 2 is 2.30 bits per heavy atom. The molecule has 106 valence electrons. The van der Waals surface area contributed by atoms with E-state index in [1.807, 2.05) is 16.9 Å². The molecule has 0 aliphatic carbocycles. The van der Waals surface area contributed by atoms with Gasteiger partial charge >= 0.3 is 0 Å². The first-order valence-corrected chi connectivity index (χ1v) is 7.22. The SMILES string of the molecule is CCCn1cc(C2CC(N)c3cc(C)ccc3O2)cn1. The zero-order valence-electron chi connectivity index (χ0n) is 12.0. The van der Waals surface area contributed by atoms with Crippen LogP contribution in [0.3, 0.4) is 0 Å². The molecule has 4 nitrogen and oxygen atoms in total. The number of hydrogen-bond donors (Lipinski definition) is 1. The Morgan fingerprint density at radius 1 is 1.45 bits per heavy atom. The molecule has 0 saturated heterocycles. The molecule has 1 aromatic carbocycles. The third-order valence-corrected chi connectivity index (χ3v) is 3.78. The van der Waals surface area contributed by atoms with Gasteiger partial charge in [-0.25, -0.2) is 0 Å². The fourth-order valence-electron chi connectivity index (χ4n) is 2.73. The second-order valence-corrected chi connectivity index (χ2v) is 5.53. The average molecular weight is 271 g/mol. The predicted octanol–water partition coefficient (Wildman–Crippen LogP) is 3.13. The lowest BCUT2D eigenvalue weighted by atomic mass is 9.94. The van der Waals surface area contributed by atoms with E-state index in [2.05, 4.69) is 37.3 Å². The van der Waals surface area contributed by atoms with Crippen molar-refractivity contribution >= 4 is 0 Å². The molecular weight excluding hydrogens is 250 g/mol. The van der Waals surface area contributed by atoms with Crippen molar-refractivity contribution in [1.29, 1.82) is 0 Å². The number of rotatable bonds is 3. The number of benzene rings is 1. The number of nitrogens with two attached hydrogens (primary N) is 1. The van der Waals surface area contributed by atoms with E-state index < -0.39 is 0 Å². The third kappa shape index (κ3) is 2.43. The summed E-state index contributed by atoms with van der Waals surface area (Å²) in [6, 6.07) is 6.23. The van der Waals surface area contributed by atoms with Crippen LogP contribution in [-0.2, 0) is 6.54 Å². The zero-order chi connectivity index (χ0) is 14.1. The molecule has 0 spiro atoms. The number of aryl methyl sites for hydroxylation is 2. The van der Waals surface area contributed by atoms with Gasteiger partial charge in [-0.15, -0.1) is 0 Å². The van der Waals surface area contributed by atoms with Crippen molar-refractivity contribution in [3.8, 4) is 5.75 Å². The minimum absolute atomic E-state index is 0.00538. The lowest BCUT2D eigenvalue weighted by Gasteiger charge is -2.30. The Kier molecular flexibility index (Phi) is 3.49. The number of aromatic nitrogens is 2. The highest BCUT2D eigenvalue weighted by molar-refractivity contribution is 5.41. The van der Waals surface area contributed by atoms with E-state index >= 15 is 0 Å². The minimum Gasteiger partial charge on any atom is -0.485 e. The predicted molar refractivity (Wildman–Crippen MR) is 78.6 cm³/mol. The second-order valence-electron chi connectivity index (χ2n) is 5.53. The van der Waals surface area contributed by atoms with Crippen LogP contribution in [-0.4, -0.2) is 9.78 Å². The normalized spacial score (nSPS) is 21.4. The minimum atomic E-state index is 0.00538. The van der Waals surface area contributed by atoms with Gasteiger partial charge in [0.25, 0.3) is 0 Å². The Morgan fingerprint density at radius 3 is 3.10 bits per heavy atom. The number of ether oxygens (including phenoxy) is 1. The molecule has 1 aliphatic heterocycles. The van der Waals surface area contributed by atoms with Gasteiger partial charge in [0.1, 0.15) is 11.9 Å². The van der Waals surface area contributed by atoms with Crippen LogP contribution in [0.5, 0.6) is 5.75 Å². The zero-order valence-corrected chi connectivity index (χ0v) is 12.0. The molecule has 20 heavy (non-hydrogen) atoms. The highest BCUT2D eigenvalue weighted by Gasteiger charge is 2.27. The first-order valence-electron chi connectivity index (χ1n) is 7.22. The summed E-state index contributed by atoms with van der Waals surface area (Å²) < 4.78 is 8.07. The van der Waals surface area contributed by atoms with Crippen LogP contribution in [0, 0.1) is 6.92 Å². The summed E-state index contributed by atoms with van der Waals surface area (Å²) in [5, 5.41) is 4.37. The molecule has 2 heterocycles. The Bertz CT molecular complexity index is 606. The second kappa shape index (κ2) is 5.29. The molecule has 4 heteroatoms. The van der Waals surface area contributed by atoms with Crippen molar-refractivity contribution in [3.63, 3.8) is 0 Å². The average Bonchev–Trinajstić information content (AvgIpc) is 2.88. The van der Waals surface area contributed by atoms with Crippen LogP contribution in [0.15, 0.2) is 30.6 Å². The van der Waals surface area contributed by atoms with E-state index in [9.17, 15) is 0 Å². The van der Waals surface area contributed by atoms with Crippen molar-refractivity contribution < 1.29 is 4.74 Å². The molecule has 2 atom stereocenters.